The number of amides is 2. The lowest BCUT2D eigenvalue weighted by Gasteiger charge is -2.18. The number of benzene rings is 1. The number of fused-ring (bicyclic) bond motifs is 1. The fourth-order valence-electron chi connectivity index (χ4n) is 3.52. The minimum Gasteiger partial charge on any atom is -0.358 e. The van der Waals surface area contributed by atoms with Gasteiger partial charge in [0, 0.05) is 42.7 Å². The Bertz CT molecular complexity index is 807. The number of aromatic nitrogens is 1. The average Bonchev–Trinajstić information content (AvgIpc) is 3.05. The normalized spacial score (nSPS) is 17.7. The molecule has 0 radical (unpaired) electrons. The van der Waals surface area contributed by atoms with Crippen LogP contribution in [0.1, 0.15) is 37.1 Å². The average molecular weight is 341 g/mol. The minimum absolute atomic E-state index is 0.0262. The van der Waals surface area contributed by atoms with Crippen molar-refractivity contribution in [1.82, 2.24) is 15.2 Å². The van der Waals surface area contributed by atoms with E-state index in [1.165, 1.54) is 16.6 Å². The Morgan fingerprint density at radius 1 is 1.36 bits per heavy atom. The molecule has 0 aliphatic carbocycles. The van der Waals surface area contributed by atoms with Crippen LogP contribution in [0.2, 0.25) is 0 Å². The number of hydrogen-bond acceptors (Lipinski definition) is 2. The van der Waals surface area contributed by atoms with Crippen molar-refractivity contribution in [2.24, 2.45) is 11.8 Å². The predicted octanol–water partition coefficient (Wildman–Crippen LogP) is 2.91. The van der Waals surface area contributed by atoms with Crippen LogP contribution in [-0.2, 0) is 16.1 Å². The molecule has 3 rings (SSSR count). The summed E-state index contributed by atoms with van der Waals surface area (Å²) in [4.78, 5) is 29.6. The summed E-state index contributed by atoms with van der Waals surface area (Å²) < 4.78 is 0. The van der Waals surface area contributed by atoms with Gasteiger partial charge in [0.1, 0.15) is 0 Å². The largest absolute Gasteiger partial charge is 0.358 e. The topological polar surface area (TPSA) is 65.2 Å². The van der Waals surface area contributed by atoms with Gasteiger partial charge in [-0.25, -0.2) is 0 Å². The third-order valence-electron chi connectivity index (χ3n) is 5.01. The van der Waals surface area contributed by atoms with Gasteiger partial charge in [-0.1, -0.05) is 19.9 Å². The number of rotatable bonds is 5. The molecular formula is C20H27N3O2. The highest BCUT2D eigenvalue weighted by Gasteiger charge is 2.34. The van der Waals surface area contributed by atoms with Crippen molar-refractivity contribution in [3.63, 3.8) is 0 Å². The zero-order valence-electron chi connectivity index (χ0n) is 15.5. The second-order valence-corrected chi connectivity index (χ2v) is 7.57. The van der Waals surface area contributed by atoms with Crippen molar-refractivity contribution >= 4 is 22.7 Å². The molecule has 1 atom stereocenters. The summed E-state index contributed by atoms with van der Waals surface area (Å²) in [5.74, 6) is 0.257. The molecule has 1 fully saturated rings. The first-order chi connectivity index (χ1) is 11.8. The van der Waals surface area contributed by atoms with Crippen molar-refractivity contribution in [2.45, 2.75) is 40.7 Å². The van der Waals surface area contributed by atoms with Gasteiger partial charge in [0.2, 0.25) is 11.8 Å². The van der Waals surface area contributed by atoms with Crippen LogP contribution >= 0.6 is 0 Å². The number of aromatic amines is 1. The molecule has 5 nitrogen and oxygen atoms in total. The molecule has 1 unspecified atom stereocenters. The standard InChI is InChI=1S/C20H27N3O2/c1-12(2)10-23-11-16(8-19(23)24)20(25)21-9-15-5-6-18-17(7-15)13(3)14(4)22-18/h5-7,12,16,22H,8-11H2,1-4H3,(H,21,25). The van der Waals surface area contributed by atoms with Gasteiger partial charge in [0.05, 0.1) is 5.92 Å². The first kappa shape index (κ1) is 17.5. The van der Waals surface area contributed by atoms with E-state index in [0.29, 0.717) is 25.4 Å². The van der Waals surface area contributed by atoms with Gasteiger partial charge in [-0.05, 0) is 43.0 Å². The second-order valence-electron chi connectivity index (χ2n) is 7.57. The highest BCUT2D eigenvalue weighted by molar-refractivity contribution is 5.89. The van der Waals surface area contributed by atoms with Crippen molar-refractivity contribution < 1.29 is 9.59 Å². The van der Waals surface area contributed by atoms with E-state index < -0.39 is 0 Å². The number of carbonyl (C=O) groups excluding carboxylic acids is 2. The molecule has 5 heteroatoms. The molecule has 0 bridgehead atoms. The molecule has 0 saturated carbocycles. The Hall–Kier alpha value is -2.30. The maximum Gasteiger partial charge on any atom is 0.225 e. The fraction of sp³-hybridized carbons (Fsp3) is 0.500. The number of nitrogens with zero attached hydrogens (tertiary/aromatic N) is 1. The number of aryl methyl sites for hydroxylation is 2. The van der Waals surface area contributed by atoms with E-state index in [9.17, 15) is 9.59 Å². The smallest absolute Gasteiger partial charge is 0.225 e. The molecule has 2 amide bonds. The summed E-state index contributed by atoms with van der Waals surface area (Å²) in [7, 11) is 0. The van der Waals surface area contributed by atoms with E-state index in [1.807, 2.05) is 11.0 Å². The first-order valence-corrected chi connectivity index (χ1v) is 8.98. The Morgan fingerprint density at radius 3 is 2.84 bits per heavy atom. The van der Waals surface area contributed by atoms with Crippen LogP contribution in [0.25, 0.3) is 10.9 Å². The molecule has 1 saturated heterocycles. The summed E-state index contributed by atoms with van der Waals surface area (Å²) in [6.45, 7) is 10.1. The maximum atomic E-state index is 12.4. The van der Waals surface area contributed by atoms with Crippen LogP contribution in [0.5, 0.6) is 0 Å². The molecule has 1 aromatic carbocycles. The van der Waals surface area contributed by atoms with Crippen molar-refractivity contribution in [3.8, 4) is 0 Å². The summed E-state index contributed by atoms with van der Waals surface area (Å²) >= 11 is 0. The lowest BCUT2D eigenvalue weighted by atomic mass is 10.1. The molecule has 1 aromatic heterocycles. The van der Waals surface area contributed by atoms with Gasteiger partial charge >= 0.3 is 0 Å². The van der Waals surface area contributed by atoms with Crippen LogP contribution in [0.4, 0.5) is 0 Å². The van der Waals surface area contributed by atoms with Crippen LogP contribution in [-0.4, -0.2) is 34.8 Å². The number of hydrogen-bond donors (Lipinski definition) is 2. The molecule has 1 aliphatic heterocycles. The Labute approximate surface area is 148 Å². The highest BCUT2D eigenvalue weighted by Crippen LogP contribution is 2.23. The van der Waals surface area contributed by atoms with Crippen LogP contribution in [0.15, 0.2) is 18.2 Å². The fourth-order valence-corrected chi connectivity index (χ4v) is 3.52. The maximum absolute atomic E-state index is 12.4. The highest BCUT2D eigenvalue weighted by atomic mass is 16.2. The van der Waals surface area contributed by atoms with E-state index in [1.54, 1.807) is 0 Å². The van der Waals surface area contributed by atoms with E-state index in [4.69, 9.17) is 0 Å². The first-order valence-electron chi connectivity index (χ1n) is 8.98. The molecule has 0 spiro atoms. The lowest BCUT2D eigenvalue weighted by molar-refractivity contribution is -0.129. The van der Waals surface area contributed by atoms with Crippen molar-refractivity contribution in [3.05, 3.63) is 35.0 Å². The number of nitrogens with one attached hydrogen (secondary N) is 2. The molecule has 2 aromatic rings. The van der Waals surface area contributed by atoms with Crippen LogP contribution in [0.3, 0.4) is 0 Å². The Balaban J connectivity index is 1.61. The van der Waals surface area contributed by atoms with E-state index >= 15 is 0 Å². The molecule has 1 aliphatic rings. The summed E-state index contributed by atoms with van der Waals surface area (Å²) in [6, 6.07) is 6.21. The van der Waals surface area contributed by atoms with Crippen LogP contribution < -0.4 is 5.32 Å². The summed E-state index contributed by atoms with van der Waals surface area (Å²) in [6.07, 6.45) is 0.327. The quantitative estimate of drug-likeness (QED) is 0.878. The van der Waals surface area contributed by atoms with Gasteiger partial charge in [0.25, 0.3) is 0 Å². The SMILES string of the molecule is Cc1[nH]c2ccc(CNC(=O)C3CC(=O)N(CC(C)C)C3)cc2c1C. The third kappa shape index (κ3) is 3.70. The molecule has 2 N–H and O–H groups in total. The lowest BCUT2D eigenvalue weighted by Crippen LogP contribution is -2.33. The number of likely N-dealkylation sites (tertiary alicyclic amines) is 1. The predicted molar refractivity (Wildman–Crippen MR) is 99.1 cm³/mol. The number of carbonyl (C=O) groups is 2. The van der Waals surface area contributed by atoms with Gasteiger partial charge in [0.15, 0.2) is 0 Å². The van der Waals surface area contributed by atoms with Crippen LogP contribution in [0, 0.1) is 25.7 Å². The summed E-state index contributed by atoms with van der Waals surface area (Å²) in [5, 5.41) is 4.20. The van der Waals surface area contributed by atoms with Gasteiger partial charge in [-0.2, -0.15) is 0 Å². The molecule has 2 heterocycles. The monoisotopic (exact) mass is 341 g/mol. The van der Waals surface area contributed by atoms with Gasteiger partial charge in [-0.15, -0.1) is 0 Å². The molecule has 25 heavy (non-hydrogen) atoms. The number of H-pyrrole nitrogens is 1. The second kappa shape index (κ2) is 6.90. The van der Waals surface area contributed by atoms with E-state index in [-0.39, 0.29) is 17.7 Å². The van der Waals surface area contributed by atoms with Crippen molar-refractivity contribution in [1.29, 1.82) is 0 Å². The molecular weight excluding hydrogens is 314 g/mol. The minimum atomic E-state index is -0.230. The zero-order valence-corrected chi connectivity index (χ0v) is 15.5. The summed E-state index contributed by atoms with van der Waals surface area (Å²) in [5.41, 5.74) is 4.61. The van der Waals surface area contributed by atoms with E-state index in [2.05, 4.69) is 50.1 Å². The third-order valence-corrected chi connectivity index (χ3v) is 5.01. The van der Waals surface area contributed by atoms with Gasteiger partial charge < -0.3 is 15.2 Å². The van der Waals surface area contributed by atoms with E-state index in [0.717, 1.165) is 17.6 Å². The Morgan fingerprint density at radius 2 is 2.12 bits per heavy atom. The van der Waals surface area contributed by atoms with Crippen molar-refractivity contribution in [2.75, 3.05) is 13.1 Å². The zero-order chi connectivity index (χ0) is 18.1. The Kier molecular flexibility index (Phi) is 4.84. The molecule has 134 valence electrons. The van der Waals surface area contributed by atoms with Gasteiger partial charge in [-0.3, -0.25) is 9.59 Å².